The first-order valence-corrected chi connectivity index (χ1v) is 8.35. The van der Waals surface area contributed by atoms with Crippen LogP contribution in [0.5, 0.6) is 6.01 Å². The minimum absolute atomic E-state index is 0.0587. The molecule has 1 fully saturated rings. The van der Waals surface area contributed by atoms with Crippen LogP contribution in [0.3, 0.4) is 0 Å². The van der Waals surface area contributed by atoms with E-state index in [0.717, 1.165) is 0 Å². The van der Waals surface area contributed by atoms with Crippen molar-refractivity contribution in [1.82, 2.24) is 24.4 Å². The van der Waals surface area contributed by atoms with Crippen molar-refractivity contribution < 1.29 is 19.7 Å². The number of ether oxygens (including phenoxy) is 2. The molecule has 2 aromatic heterocycles. The summed E-state index contributed by atoms with van der Waals surface area (Å²) in [4.78, 5) is 29.3. The van der Waals surface area contributed by atoms with Gasteiger partial charge >= 0.3 is 6.01 Å². The summed E-state index contributed by atoms with van der Waals surface area (Å²) in [5.74, 6) is 0.0925. The number of aromatic nitrogens is 4. The molecule has 0 aliphatic carbocycles. The summed E-state index contributed by atoms with van der Waals surface area (Å²) in [5.41, 5.74) is -0.215. The van der Waals surface area contributed by atoms with Crippen molar-refractivity contribution in [3.8, 4) is 6.01 Å². The lowest BCUT2D eigenvalue weighted by Gasteiger charge is -2.16. The second-order valence-electron chi connectivity index (χ2n) is 6.25. The number of nitrogens with one attached hydrogen (secondary N) is 1. The zero-order valence-electron chi connectivity index (χ0n) is 15.1. The van der Waals surface area contributed by atoms with Gasteiger partial charge in [0.1, 0.15) is 18.9 Å². The average molecular weight is 378 g/mol. The molecule has 3 rings (SSSR count). The summed E-state index contributed by atoms with van der Waals surface area (Å²) in [6, 6.07) is 0.104. The Kier molecular flexibility index (Phi) is 5.54. The molecular weight excluding hydrogens is 356 g/mol. The molecule has 1 aliphatic heterocycles. The predicted octanol–water partition coefficient (Wildman–Crippen LogP) is -0.453. The molecule has 146 valence electrons. The minimum atomic E-state index is -0.863. The van der Waals surface area contributed by atoms with Crippen molar-refractivity contribution in [2.45, 2.75) is 24.9 Å². The summed E-state index contributed by atoms with van der Waals surface area (Å²) in [6.45, 7) is 3.42. The van der Waals surface area contributed by atoms with Gasteiger partial charge < -0.3 is 24.6 Å². The highest BCUT2D eigenvalue weighted by atomic mass is 16.6. The fourth-order valence-corrected chi connectivity index (χ4v) is 2.72. The molecule has 0 radical (unpaired) electrons. The van der Waals surface area contributed by atoms with Gasteiger partial charge in [-0.2, -0.15) is 9.97 Å². The molecule has 11 nitrogen and oxygen atoms in total. The molecular formula is C16H22N6O5. The highest BCUT2D eigenvalue weighted by molar-refractivity contribution is 5.73. The fraction of sp³-hybridized carbons (Fsp3) is 0.500. The van der Waals surface area contributed by atoms with Crippen LogP contribution in [0.25, 0.3) is 11.2 Å². The van der Waals surface area contributed by atoms with Crippen molar-refractivity contribution >= 4 is 23.5 Å². The van der Waals surface area contributed by atoms with Gasteiger partial charge in [-0.25, -0.2) is 4.99 Å². The maximum atomic E-state index is 12.4. The molecule has 1 aliphatic rings. The number of aliphatic hydroxyl groups is 2. The predicted molar refractivity (Wildman–Crippen MR) is 97.3 cm³/mol. The number of aliphatic imine (C=N–C) groups is 1. The van der Waals surface area contributed by atoms with Crippen LogP contribution in [0.15, 0.2) is 22.4 Å². The van der Waals surface area contributed by atoms with Crippen LogP contribution in [0.1, 0.15) is 12.6 Å². The van der Waals surface area contributed by atoms with Crippen molar-refractivity contribution in [3.63, 3.8) is 0 Å². The molecule has 2 aromatic rings. The van der Waals surface area contributed by atoms with Gasteiger partial charge in [-0.3, -0.25) is 14.3 Å². The normalized spacial score (nSPS) is 22.6. The second kappa shape index (κ2) is 7.86. The van der Waals surface area contributed by atoms with E-state index in [9.17, 15) is 15.0 Å². The number of H-pyrrole nitrogens is 1. The molecule has 1 saturated heterocycles. The van der Waals surface area contributed by atoms with Crippen molar-refractivity contribution in [2.75, 3.05) is 27.3 Å². The number of hydrogen-bond acceptors (Lipinski definition) is 8. The Morgan fingerprint density at radius 2 is 2.30 bits per heavy atom. The second-order valence-corrected chi connectivity index (χ2v) is 6.25. The third-order valence-electron chi connectivity index (χ3n) is 3.92. The molecule has 3 heterocycles. The minimum Gasteiger partial charge on any atom is -0.460 e. The van der Waals surface area contributed by atoms with Crippen LogP contribution in [-0.4, -0.2) is 80.5 Å². The maximum Gasteiger partial charge on any atom is 0.301 e. The third-order valence-corrected chi connectivity index (χ3v) is 3.92. The quantitative estimate of drug-likeness (QED) is 0.334. The Hall–Kier alpha value is -2.76. The molecule has 3 atom stereocenters. The zero-order valence-corrected chi connectivity index (χ0v) is 15.1. The largest absolute Gasteiger partial charge is 0.460 e. The Balaban J connectivity index is 2.12. The number of imidazole rings is 1. The van der Waals surface area contributed by atoms with E-state index in [2.05, 4.69) is 26.5 Å². The first-order valence-electron chi connectivity index (χ1n) is 8.35. The van der Waals surface area contributed by atoms with E-state index >= 15 is 0 Å². The lowest BCUT2D eigenvalue weighted by Crippen LogP contribution is -2.24. The molecule has 11 heteroatoms. The Morgan fingerprint density at radius 1 is 1.52 bits per heavy atom. The SMILES string of the molecule is C=CCOc1nc2c(=O)[nH]c(/N=C/N(C)C)nc2n1[C@H]1C[C@H](O)[C@@H](CO)O1. The highest BCUT2D eigenvalue weighted by Crippen LogP contribution is 2.34. The van der Waals surface area contributed by atoms with Crippen molar-refractivity contribution in [1.29, 1.82) is 0 Å². The number of rotatable bonds is 7. The van der Waals surface area contributed by atoms with E-state index in [1.165, 1.54) is 17.0 Å². The van der Waals surface area contributed by atoms with E-state index < -0.39 is 24.0 Å². The van der Waals surface area contributed by atoms with Gasteiger partial charge in [-0.15, -0.1) is 0 Å². The maximum absolute atomic E-state index is 12.4. The van der Waals surface area contributed by atoms with E-state index in [1.54, 1.807) is 19.0 Å². The summed E-state index contributed by atoms with van der Waals surface area (Å²) in [7, 11) is 3.57. The first kappa shape index (κ1) is 19.0. The zero-order chi connectivity index (χ0) is 19.6. The van der Waals surface area contributed by atoms with E-state index in [-0.39, 0.29) is 42.8 Å². The Morgan fingerprint density at radius 3 is 2.93 bits per heavy atom. The third kappa shape index (κ3) is 3.84. The van der Waals surface area contributed by atoms with Gasteiger partial charge in [0.25, 0.3) is 5.56 Å². The number of aromatic amines is 1. The summed E-state index contributed by atoms with van der Waals surface area (Å²) in [5, 5.41) is 19.4. The smallest absolute Gasteiger partial charge is 0.301 e. The van der Waals surface area contributed by atoms with E-state index in [0.29, 0.717) is 0 Å². The number of hydrogen-bond donors (Lipinski definition) is 3. The monoisotopic (exact) mass is 378 g/mol. The van der Waals surface area contributed by atoms with Gasteiger partial charge in [0.15, 0.2) is 11.2 Å². The molecule has 0 saturated carbocycles. The van der Waals surface area contributed by atoms with Crippen LogP contribution >= 0.6 is 0 Å². The molecule has 27 heavy (non-hydrogen) atoms. The van der Waals surface area contributed by atoms with Crippen LogP contribution in [0.2, 0.25) is 0 Å². The Bertz CT molecular complexity index is 905. The molecule has 0 aromatic carbocycles. The number of fused-ring (bicyclic) bond motifs is 1. The molecule has 0 unspecified atom stereocenters. The van der Waals surface area contributed by atoms with Crippen LogP contribution in [0.4, 0.5) is 5.95 Å². The van der Waals surface area contributed by atoms with E-state index in [1.807, 2.05) is 0 Å². The number of nitrogens with zero attached hydrogens (tertiary/aromatic N) is 5. The van der Waals surface area contributed by atoms with E-state index in [4.69, 9.17) is 9.47 Å². The van der Waals surface area contributed by atoms with Gasteiger partial charge in [-0.1, -0.05) is 12.7 Å². The van der Waals surface area contributed by atoms with Crippen molar-refractivity contribution in [2.24, 2.45) is 4.99 Å². The molecule has 0 amide bonds. The molecule has 3 N–H and O–H groups in total. The molecule has 0 spiro atoms. The highest BCUT2D eigenvalue weighted by Gasteiger charge is 2.37. The first-order chi connectivity index (χ1) is 12.9. The topological polar surface area (TPSA) is 138 Å². The van der Waals surface area contributed by atoms with Gasteiger partial charge in [0.05, 0.1) is 19.0 Å². The van der Waals surface area contributed by atoms with Gasteiger partial charge in [0.2, 0.25) is 5.95 Å². The van der Waals surface area contributed by atoms with Crippen LogP contribution in [-0.2, 0) is 4.74 Å². The lowest BCUT2D eigenvalue weighted by atomic mass is 10.2. The lowest BCUT2D eigenvalue weighted by molar-refractivity contribution is -0.0453. The Labute approximate surface area is 154 Å². The van der Waals surface area contributed by atoms with Crippen LogP contribution < -0.4 is 10.3 Å². The summed E-state index contributed by atoms with van der Waals surface area (Å²) in [6.07, 6.45) is 0.909. The summed E-state index contributed by atoms with van der Waals surface area (Å²) >= 11 is 0. The van der Waals surface area contributed by atoms with Crippen molar-refractivity contribution in [3.05, 3.63) is 23.0 Å². The summed E-state index contributed by atoms with van der Waals surface area (Å²) < 4.78 is 12.7. The van der Waals surface area contributed by atoms with Gasteiger partial charge in [0, 0.05) is 20.5 Å². The number of aliphatic hydroxyl groups excluding tert-OH is 2. The fourth-order valence-electron chi connectivity index (χ4n) is 2.72. The molecule has 0 bridgehead atoms. The standard InChI is InChI=1S/C16H22N6O5/c1-4-5-26-16-18-12-13(19-15(20-14(12)25)17-8-21(2)3)22(16)11-6-9(24)10(7-23)27-11/h4,8-11,23-24H,1,5-7H2,2-3H3,(H,19,20,25)/b17-8+/t9-,10+,11+/m0/s1. The van der Waals surface area contributed by atoms with Gasteiger partial charge in [-0.05, 0) is 0 Å². The van der Waals surface area contributed by atoms with Crippen LogP contribution in [0, 0.1) is 0 Å². The average Bonchev–Trinajstić information content (AvgIpc) is 3.18.